The van der Waals surface area contributed by atoms with Crippen LogP contribution in [0.2, 0.25) is 0 Å². The summed E-state index contributed by atoms with van der Waals surface area (Å²) in [5, 5.41) is 14.7. The standard InChI is InChI=1S/C13H17N5O2/c14-11-10-4-7(12(15)20)6-16-13(10)18(17-11)8-2-1-3-9(19)5-8/h4,6,8-9,19H,1-3,5H2,(H2,14,17)(H2,15,20). The normalized spacial score (nSPS) is 23.1. The molecule has 1 saturated carbocycles. The Morgan fingerprint density at radius 3 is 2.95 bits per heavy atom. The Labute approximate surface area is 115 Å². The van der Waals surface area contributed by atoms with E-state index in [1.165, 1.54) is 6.20 Å². The van der Waals surface area contributed by atoms with Crippen molar-refractivity contribution in [1.82, 2.24) is 14.8 Å². The Kier molecular flexibility index (Phi) is 3.06. The van der Waals surface area contributed by atoms with Crippen LogP contribution in [0, 0.1) is 0 Å². The number of anilines is 1. The summed E-state index contributed by atoms with van der Waals surface area (Å²) in [5.41, 5.74) is 12.1. The number of rotatable bonds is 2. The van der Waals surface area contributed by atoms with Crippen LogP contribution >= 0.6 is 0 Å². The predicted molar refractivity (Wildman–Crippen MR) is 74.0 cm³/mol. The maximum absolute atomic E-state index is 11.2. The number of nitrogen functional groups attached to an aromatic ring is 1. The number of carbonyl (C=O) groups is 1. The van der Waals surface area contributed by atoms with Gasteiger partial charge in [-0.25, -0.2) is 9.67 Å². The van der Waals surface area contributed by atoms with Crippen LogP contribution in [0.5, 0.6) is 0 Å². The summed E-state index contributed by atoms with van der Waals surface area (Å²) in [4.78, 5) is 15.4. The lowest BCUT2D eigenvalue weighted by Gasteiger charge is -2.26. The van der Waals surface area contributed by atoms with Crippen molar-refractivity contribution in [3.63, 3.8) is 0 Å². The number of nitrogens with zero attached hydrogens (tertiary/aromatic N) is 3. The van der Waals surface area contributed by atoms with Gasteiger partial charge in [0.25, 0.3) is 0 Å². The average molecular weight is 275 g/mol. The van der Waals surface area contributed by atoms with Gasteiger partial charge in [-0.05, 0) is 31.7 Å². The largest absolute Gasteiger partial charge is 0.393 e. The van der Waals surface area contributed by atoms with E-state index in [1.54, 1.807) is 10.7 Å². The summed E-state index contributed by atoms with van der Waals surface area (Å²) in [5.74, 6) is -0.213. The van der Waals surface area contributed by atoms with Crippen LogP contribution < -0.4 is 11.5 Å². The fraction of sp³-hybridized carbons (Fsp3) is 0.462. The number of carbonyl (C=O) groups excluding carboxylic acids is 1. The summed E-state index contributed by atoms with van der Waals surface area (Å²) < 4.78 is 1.76. The van der Waals surface area contributed by atoms with Gasteiger partial charge in [-0.1, -0.05) is 0 Å². The first-order valence-electron chi connectivity index (χ1n) is 6.68. The number of hydrogen-bond donors (Lipinski definition) is 3. The molecule has 3 rings (SSSR count). The SMILES string of the molecule is NC(=O)c1cnc2c(c1)c(N)nn2C1CCCC(O)C1. The summed E-state index contributed by atoms with van der Waals surface area (Å²) >= 11 is 0. The summed E-state index contributed by atoms with van der Waals surface area (Å²) in [6.07, 6.45) is 4.49. The minimum Gasteiger partial charge on any atom is -0.393 e. The number of hydrogen-bond acceptors (Lipinski definition) is 5. The first-order valence-corrected chi connectivity index (χ1v) is 6.68. The van der Waals surface area contributed by atoms with Crippen LogP contribution in [0.25, 0.3) is 11.0 Å². The van der Waals surface area contributed by atoms with Crippen molar-refractivity contribution in [1.29, 1.82) is 0 Å². The third-order valence-electron chi connectivity index (χ3n) is 3.82. The summed E-state index contributed by atoms with van der Waals surface area (Å²) in [6.45, 7) is 0. The molecule has 7 nitrogen and oxygen atoms in total. The van der Waals surface area contributed by atoms with E-state index in [4.69, 9.17) is 11.5 Å². The lowest BCUT2D eigenvalue weighted by atomic mass is 9.93. The Morgan fingerprint density at radius 1 is 1.45 bits per heavy atom. The molecule has 0 aliphatic heterocycles. The van der Waals surface area contributed by atoms with Crippen molar-refractivity contribution in [2.45, 2.75) is 37.8 Å². The Balaban J connectivity index is 2.06. The van der Waals surface area contributed by atoms with Gasteiger partial charge in [-0.15, -0.1) is 0 Å². The van der Waals surface area contributed by atoms with Crippen LogP contribution in [0.1, 0.15) is 42.1 Å². The van der Waals surface area contributed by atoms with E-state index in [0.29, 0.717) is 28.8 Å². The molecule has 7 heteroatoms. The van der Waals surface area contributed by atoms with E-state index in [9.17, 15) is 9.90 Å². The lowest BCUT2D eigenvalue weighted by molar-refractivity contribution is 0.0999. The van der Waals surface area contributed by atoms with Gasteiger partial charge in [0.2, 0.25) is 5.91 Å². The Hall–Kier alpha value is -2.15. The van der Waals surface area contributed by atoms with Crippen LogP contribution in [-0.2, 0) is 0 Å². The highest BCUT2D eigenvalue weighted by atomic mass is 16.3. The fourth-order valence-electron chi connectivity index (χ4n) is 2.80. The monoisotopic (exact) mass is 275 g/mol. The van der Waals surface area contributed by atoms with Crippen molar-refractivity contribution < 1.29 is 9.90 Å². The van der Waals surface area contributed by atoms with E-state index in [2.05, 4.69) is 10.1 Å². The highest BCUT2D eigenvalue weighted by molar-refractivity contribution is 5.98. The molecule has 2 atom stereocenters. The molecule has 2 unspecified atom stereocenters. The Bertz CT molecular complexity index is 666. The lowest BCUT2D eigenvalue weighted by Crippen LogP contribution is -2.23. The zero-order valence-corrected chi connectivity index (χ0v) is 11.0. The molecule has 2 aromatic rings. The number of pyridine rings is 1. The van der Waals surface area contributed by atoms with Gasteiger partial charge < -0.3 is 16.6 Å². The molecule has 2 heterocycles. The molecule has 1 aliphatic rings. The second-order valence-corrected chi connectivity index (χ2v) is 5.26. The molecule has 0 aromatic carbocycles. The number of amides is 1. The highest BCUT2D eigenvalue weighted by Gasteiger charge is 2.25. The minimum atomic E-state index is -0.542. The van der Waals surface area contributed by atoms with Crippen LogP contribution in [-0.4, -0.2) is 31.9 Å². The van der Waals surface area contributed by atoms with Gasteiger partial charge in [0.1, 0.15) is 0 Å². The zero-order valence-electron chi connectivity index (χ0n) is 11.0. The number of aliphatic hydroxyl groups excluding tert-OH is 1. The molecule has 1 aliphatic carbocycles. The second kappa shape index (κ2) is 4.75. The third kappa shape index (κ3) is 2.09. The highest BCUT2D eigenvalue weighted by Crippen LogP contribution is 2.32. The molecule has 1 amide bonds. The Morgan fingerprint density at radius 2 is 2.25 bits per heavy atom. The number of aromatic nitrogens is 3. The topological polar surface area (TPSA) is 120 Å². The van der Waals surface area contributed by atoms with Crippen molar-refractivity contribution >= 4 is 22.8 Å². The number of primary amides is 1. The smallest absolute Gasteiger partial charge is 0.250 e. The van der Waals surface area contributed by atoms with Gasteiger partial charge in [0.05, 0.1) is 23.1 Å². The van der Waals surface area contributed by atoms with E-state index in [1.807, 2.05) is 0 Å². The summed E-state index contributed by atoms with van der Waals surface area (Å²) in [7, 11) is 0. The molecule has 5 N–H and O–H groups in total. The van der Waals surface area contributed by atoms with E-state index in [-0.39, 0.29) is 12.1 Å². The molecule has 106 valence electrons. The fourth-order valence-corrected chi connectivity index (χ4v) is 2.80. The van der Waals surface area contributed by atoms with E-state index >= 15 is 0 Å². The number of nitrogens with two attached hydrogens (primary N) is 2. The molecular formula is C13H17N5O2. The quantitative estimate of drug-likeness (QED) is 0.740. The van der Waals surface area contributed by atoms with Crippen molar-refractivity contribution in [3.05, 3.63) is 17.8 Å². The maximum Gasteiger partial charge on any atom is 0.250 e. The third-order valence-corrected chi connectivity index (χ3v) is 3.82. The zero-order chi connectivity index (χ0) is 14.3. The number of fused-ring (bicyclic) bond motifs is 1. The molecule has 0 saturated heterocycles. The van der Waals surface area contributed by atoms with Gasteiger partial charge in [0, 0.05) is 6.20 Å². The molecule has 0 spiro atoms. The van der Waals surface area contributed by atoms with Crippen LogP contribution in [0.3, 0.4) is 0 Å². The average Bonchev–Trinajstić information content (AvgIpc) is 2.76. The molecule has 0 radical (unpaired) electrons. The first kappa shape index (κ1) is 12.9. The first-order chi connectivity index (χ1) is 9.56. The van der Waals surface area contributed by atoms with Gasteiger partial charge >= 0.3 is 0 Å². The van der Waals surface area contributed by atoms with Crippen molar-refractivity contribution in [3.8, 4) is 0 Å². The maximum atomic E-state index is 11.2. The van der Waals surface area contributed by atoms with Crippen molar-refractivity contribution in [2.24, 2.45) is 5.73 Å². The van der Waals surface area contributed by atoms with Gasteiger partial charge in [-0.2, -0.15) is 5.10 Å². The molecule has 2 aromatic heterocycles. The molecule has 0 bridgehead atoms. The minimum absolute atomic E-state index is 0.0884. The van der Waals surface area contributed by atoms with E-state index in [0.717, 1.165) is 19.3 Å². The van der Waals surface area contributed by atoms with Gasteiger partial charge in [0.15, 0.2) is 11.5 Å². The summed E-state index contributed by atoms with van der Waals surface area (Å²) in [6, 6.07) is 1.70. The molecular weight excluding hydrogens is 258 g/mol. The number of aliphatic hydroxyl groups is 1. The molecule has 1 fully saturated rings. The van der Waals surface area contributed by atoms with Crippen LogP contribution in [0.4, 0.5) is 5.82 Å². The van der Waals surface area contributed by atoms with Crippen molar-refractivity contribution in [2.75, 3.05) is 5.73 Å². The van der Waals surface area contributed by atoms with E-state index < -0.39 is 5.91 Å². The molecule has 20 heavy (non-hydrogen) atoms. The van der Waals surface area contributed by atoms with Gasteiger partial charge in [-0.3, -0.25) is 4.79 Å². The second-order valence-electron chi connectivity index (χ2n) is 5.26. The predicted octanol–water partition coefficient (Wildman–Crippen LogP) is 0.588. The van der Waals surface area contributed by atoms with Crippen LogP contribution in [0.15, 0.2) is 12.3 Å².